The number of Topliss-reactive ketones (excluding diaryl/α,β-unsaturated/α-hetero) is 2. The van der Waals surface area contributed by atoms with Crippen molar-refractivity contribution in [1.29, 1.82) is 0 Å². The second kappa shape index (κ2) is 22.5. The minimum absolute atomic E-state index is 0. The molecule has 0 radical (unpaired) electrons. The lowest BCUT2D eigenvalue weighted by molar-refractivity contribution is -0.247. The fourth-order valence-electron chi connectivity index (χ4n) is 11.8. The number of aliphatic hydroxyl groups is 3. The van der Waals surface area contributed by atoms with Gasteiger partial charge in [0.25, 0.3) is 0 Å². The fourth-order valence-corrected chi connectivity index (χ4v) is 11.8. The van der Waals surface area contributed by atoms with Gasteiger partial charge in [0.1, 0.15) is 45.9 Å². The summed E-state index contributed by atoms with van der Waals surface area (Å²) in [5.41, 5.74) is 7.77. The first kappa shape index (κ1) is 60.6. The number of halogens is 2. The molecule has 0 spiro atoms. The molecule has 79 heavy (non-hydrogen) atoms. The number of rotatable bonds is 9. The van der Waals surface area contributed by atoms with Gasteiger partial charge in [0.2, 0.25) is 11.6 Å². The maximum absolute atomic E-state index is 13.7. The van der Waals surface area contributed by atoms with Crippen LogP contribution in [0.15, 0.2) is 36.4 Å². The molecule has 12 atom stereocenters. The lowest BCUT2D eigenvalue weighted by Gasteiger charge is -2.42. The summed E-state index contributed by atoms with van der Waals surface area (Å²) in [6.07, 6.45) is -7.61. The topological polar surface area (TPSA) is 351 Å². The number of hydrogen-bond donors (Lipinski definition) is 9. The lowest BCUT2D eigenvalue weighted by atomic mass is 9.67. The van der Waals surface area contributed by atoms with Gasteiger partial charge in [-0.2, -0.15) is 0 Å². The second-order valence-corrected chi connectivity index (χ2v) is 21.0. The standard InChI is InChI=1S/C28H31NO10.C28H31NO9.2ClH/c1-4-17(30)28(36)9-13-20(16(10-28)39-18-8-14(29)23(31)11(2)38-18)27(35)22-21(25(13)33)24(32)12-6-5-7-15(37-3)19(12)26(22)34;1-11-23(31)15(29)8-18(37-11)38-17-10-28(3,12(2)30)9-14-20(17)27(35)22-21(25(14)33)24(32)13-6-5-7-16(36-4)19(13)26(22)34;;/h5-7,11,14,16,18,23,31,33,35-36H,4,8-10,29H2,1-3H3;5-7,11,15,17-18,23,31,33,35H,8-10,29H2,1-4H3;2*1H/t11-,14+,16-,18-,23-,28-;11?,15?,17-,18?,23?,28+;;/m00../s1. The van der Waals surface area contributed by atoms with E-state index in [0.717, 1.165) is 0 Å². The first-order chi connectivity index (χ1) is 36.3. The van der Waals surface area contributed by atoms with Gasteiger partial charge in [-0.15, -0.1) is 24.8 Å². The average molecular weight is 1140 g/mol. The number of phenolic OH excluding ortho intramolecular Hbond substituents is 4. The van der Waals surface area contributed by atoms with Gasteiger partial charge in [0.05, 0.1) is 84.2 Å². The fraction of sp³-hybridized carbons (Fsp3) is 0.464. The lowest BCUT2D eigenvalue weighted by Crippen LogP contribution is -2.52. The summed E-state index contributed by atoms with van der Waals surface area (Å²) < 4.78 is 34.5. The molecule has 2 fully saturated rings. The van der Waals surface area contributed by atoms with Crippen molar-refractivity contribution in [2.24, 2.45) is 16.9 Å². The highest BCUT2D eigenvalue weighted by Crippen LogP contribution is 2.56. The van der Waals surface area contributed by atoms with E-state index >= 15 is 0 Å². The number of aromatic hydroxyl groups is 4. The van der Waals surface area contributed by atoms with E-state index in [1.807, 2.05) is 0 Å². The number of hydrogen-bond acceptors (Lipinski definition) is 21. The Hall–Kier alpha value is -6.08. The predicted molar refractivity (Wildman–Crippen MR) is 283 cm³/mol. The van der Waals surface area contributed by atoms with Crippen molar-refractivity contribution in [3.8, 4) is 34.5 Å². The number of ether oxygens (including phenoxy) is 6. The van der Waals surface area contributed by atoms with E-state index in [1.54, 1.807) is 33.8 Å². The molecule has 21 nitrogen and oxygen atoms in total. The molecule has 0 amide bonds. The SMILES string of the molecule is CCC(=O)[C@]1(O)Cc2c(O)c3c(c(O)c2[C@@H](O[C@H]2C[C@@H](N)[C@@H](O)[C@H](C)O2)C1)C(=O)c1c(OC)cccc1C3=O.COc1cccc2c1C(=O)c1c(O)c3c(c(O)c1C2=O)C[C@@](C)(C(C)=O)C[C@@H]3OC1CC(N)C(O)C(C)O1.Cl.Cl. The molecule has 2 saturated heterocycles. The van der Waals surface area contributed by atoms with Crippen molar-refractivity contribution in [3.05, 3.63) is 103 Å². The minimum Gasteiger partial charge on any atom is -0.507 e. The third-order valence-electron chi connectivity index (χ3n) is 16.2. The Morgan fingerprint density at radius 2 is 1.03 bits per heavy atom. The van der Waals surface area contributed by atoms with Crippen molar-refractivity contribution in [3.63, 3.8) is 0 Å². The number of ketones is 6. The molecule has 4 unspecified atom stereocenters. The molecule has 0 bridgehead atoms. The van der Waals surface area contributed by atoms with Gasteiger partial charge in [-0.05, 0) is 45.7 Å². The molecule has 4 aliphatic carbocycles. The van der Waals surface area contributed by atoms with Crippen LogP contribution in [0.5, 0.6) is 34.5 Å². The molecule has 0 aromatic heterocycles. The highest BCUT2D eigenvalue weighted by Gasteiger charge is 2.52. The van der Waals surface area contributed by atoms with E-state index in [2.05, 4.69) is 0 Å². The highest BCUT2D eigenvalue weighted by molar-refractivity contribution is 6.32. The summed E-state index contributed by atoms with van der Waals surface area (Å²) in [6, 6.07) is 7.69. The summed E-state index contributed by atoms with van der Waals surface area (Å²) in [5, 5.41) is 77.6. The third kappa shape index (κ3) is 9.96. The van der Waals surface area contributed by atoms with Crippen molar-refractivity contribution in [2.45, 2.75) is 146 Å². The predicted octanol–water partition coefficient (Wildman–Crippen LogP) is 4.57. The molecule has 426 valence electrons. The molecule has 4 aromatic carbocycles. The molecule has 4 aromatic rings. The summed E-state index contributed by atoms with van der Waals surface area (Å²) in [7, 11) is 2.71. The Bertz CT molecular complexity index is 3160. The molecule has 10 rings (SSSR count). The van der Waals surface area contributed by atoms with Crippen molar-refractivity contribution in [2.75, 3.05) is 14.2 Å². The molecular weight excluding hydrogens is 1080 g/mol. The van der Waals surface area contributed by atoms with Crippen LogP contribution in [0, 0.1) is 5.41 Å². The zero-order valence-electron chi connectivity index (χ0n) is 44.2. The normalized spacial score (nSPS) is 29.3. The van der Waals surface area contributed by atoms with E-state index in [1.165, 1.54) is 51.5 Å². The van der Waals surface area contributed by atoms with Crippen molar-refractivity contribution in [1.82, 2.24) is 0 Å². The van der Waals surface area contributed by atoms with Crippen LogP contribution in [0.1, 0.15) is 165 Å². The molecule has 11 N–H and O–H groups in total. The zero-order valence-corrected chi connectivity index (χ0v) is 45.8. The first-order valence-electron chi connectivity index (χ1n) is 25.3. The number of aliphatic hydroxyl groups excluding tert-OH is 2. The van der Waals surface area contributed by atoms with Crippen LogP contribution >= 0.6 is 24.8 Å². The van der Waals surface area contributed by atoms with E-state index in [0.29, 0.717) is 0 Å². The molecule has 2 heterocycles. The maximum Gasteiger partial charge on any atom is 0.202 e. The van der Waals surface area contributed by atoms with Gasteiger partial charge >= 0.3 is 0 Å². The van der Waals surface area contributed by atoms with Crippen molar-refractivity contribution >= 4 is 59.5 Å². The van der Waals surface area contributed by atoms with Gasteiger partial charge in [0.15, 0.2) is 29.9 Å². The van der Waals surface area contributed by atoms with Crippen LogP contribution in [-0.4, -0.2) is 139 Å². The highest BCUT2D eigenvalue weighted by atomic mass is 35.5. The average Bonchev–Trinajstić information content (AvgIpc) is 3.35. The monoisotopic (exact) mass is 1140 g/mol. The number of fused-ring (bicyclic) bond motifs is 6. The molecule has 0 saturated carbocycles. The quantitative estimate of drug-likeness (QED) is 0.0895. The van der Waals surface area contributed by atoms with Crippen molar-refractivity contribution < 1.29 is 92.9 Å². The largest absolute Gasteiger partial charge is 0.507 e. The van der Waals surface area contributed by atoms with E-state index in [9.17, 15) is 64.5 Å². The summed E-state index contributed by atoms with van der Waals surface area (Å²) >= 11 is 0. The summed E-state index contributed by atoms with van der Waals surface area (Å²) in [5.74, 6) is -5.35. The zero-order chi connectivity index (χ0) is 56.1. The van der Waals surface area contributed by atoms with Gasteiger partial charge in [0, 0.05) is 83.0 Å². The summed E-state index contributed by atoms with van der Waals surface area (Å²) in [6.45, 7) is 8.00. The van der Waals surface area contributed by atoms with Crippen LogP contribution in [-0.2, 0) is 41.4 Å². The molecule has 2 aliphatic heterocycles. The van der Waals surface area contributed by atoms with Crippen LogP contribution in [0.25, 0.3) is 0 Å². The number of carbonyl (C=O) groups is 6. The Kier molecular flexibility index (Phi) is 17.2. The van der Waals surface area contributed by atoms with Crippen LogP contribution in [0.4, 0.5) is 0 Å². The maximum atomic E-state index is 13.7. The van der Waals surface area contributed by atoms with Crippen LogP contribution in [0.2, 0.25) is 0 Å². The van der Waals surface area contributed by atoms with Gasteiger partial charge < -0.3 is 75.6 Å². The number of carbonyl (C=O) groups excluding carboxylic acids is 6. The van der Waals surface area contributed by atoms with Crippen LogP contribution in [0.3, 0.4) is 0 Å². The van der Waals surface area contributed by atoms with E-state index in [4.69, 9.17) is 39.9 Å². The minimum atomic E-state index is -1.99. The van der Waals surface area contributed by atoms with Crippen LogP contribution < -0.4 is 20.9 Å². The number of nitrogens with two attached hydrogens (primary N) is 2. The van der Waals surface area contributed by atoms with Gasteiger partial charge in [-0.1, -0.05) is 38.1 Å². The Labute approximate surface area is 465 Å². The first-order valence-corrected chi connectivity index (χ1v) is 25.3. The molecular formula is C56H64Cl2N2O19. The smallest absolute Gasteiger partial charge is 0.202 e. The number of methoxy groups -OCH3 is 2. The Morgan fingerprint density at radius 3 is 1.41 bits per heavy atom. The van der Waals surface area contributed by atoms with Gasteiger partial charge in [-0.25, -0.2) is 0 Å². The number of benzene rings is 4. The van der Waals surface area contributed by atoms with E-state index in [-0.39, 0.29) is 136 Å². The van der Waals surface area contributed by atoms with Gasteiger partial charge in [-0.3, -0.25) is 28.8 Å². The van der Waals surface area contributed by atoms with E-state index < -0.39 is 142 Å². The Morgan fingerprint density at radius 1 is 0.633 bits per heavy atom. The third-order valence-corrected chi connectivity index (χ3v) is 16.2. The second-order valence-electron chi connectivity index (χ2n) is 21.0. The number of phenols is 4. The molecule has 23 heteroatoms. The molecule has 6 aliphatic rings. The summed E-state index contributed by atoms with van der Waals surface area (Å²) in [4.78, 5) is 80.0. The Balaban J connectivity index is 0.000000223.